The van der Waals surface area contributed by atoms with Gasteiger partial charge >= 0.3 is 0 Å². The first kappa shape index (κ1) is 17.2. The quantitative estimate of drug-likeness (QED) is 0.882. The van der Waals surface area contributed by atoms with E-state index in [2.05, 4.69) is 5.10 Å². The summed E-state index contributed by atoms with van der Waals surface area (Å²) >= 11 is 11.6. The molecular formula is C13H15Cl2N3O3S. The third-order valence-corrected chi connectivity index (χ3v) is 5.79. The normalized spacial score (nSPS) is 13.5. The number of nitrogens with zero attached hydrogens (tertiary/aromatic N) is 3. The van der Waals surface area contributed by atoms with Crippen LogP contribution >= 0.6 is 23.2 Å². The molecule has 0 radical (unpaired) electrons. The van der Waals surface area contributed by atoms with E-state index in [0.717, 1.165) is 4.31 Å². The zero-order valence-electron chi connectivity index (χ0n) is 11.9. The highest BCUT2D eigenvalue weighted by atomic mass is 35.5. The molecule has 1 unspecified atom stereocenters. The Bertz CT molecular complexity index is 777. The Balaban J connectivity index is 2.22. The molecule has 1 N–H and O–H groups in total. The van der Waals surface area contributed by atoms with Crippen molar-refractivity contribution in [1.82, 2.24) is 14.1 Å². The molecule has 0 fully saturated rings. The molecule has 0 saturated carbocycles. The average molecular weight is 364 g/mol. The lowest BCUT2D eigenvalue weighted by atomic mass is 10.2. The summed E-state index contributed by atoms with van der Waals surface area (Å²) in [5, 5.41) is 14.5. The molecule has 2 rings (SSSR count). The minimum Gasteiger partial charge on any atom is -0.385 e. The minimum absolute atomic E-state index is 0.0154. The highest BCUT2D eigenvalue weighted by Crippen LogP contribution is 2.26. The van der Waals surface area contributed by atoms with Crippen LogP contribution in [0.1, 0.15) is 11.8 Å². The number of hydrogen-bond donors (Lipinski definition) is 1. The zero-order valence-corrected chi connectivity index (χ0v) is 14.3. The van der Waals surface area contributed by atoms with Gasteiger partial charge in [0.05, 0.1) is 20.6 Å². The highest BCUT2D eigenvalue weighted by Gasteiger charge is 2.25. The third-order valence-electron chi connectivity index (χ3n) is 3.23. The molecule has 22 heavy (non-hydrogen) atoms. The van der Waals surface area contributed by atoms with Crippen LogP contribution in [0.3, 0.4) is 0 Å². The summed E-state index contributed by atoms with van der Waals surface area (Å²) in [5.74, 6) is 0. The molecule has 1 atom stereocenters. The molecule has 0 aliphatic rings. The molecule has 2 aromatic rings. The fourth-order valence-electron chi connectivity index (χ4n) is 1.96. The predicted molar refractivity (Wildman–Crippen MR) is 84.4 cm³/mol. The summed E-state index contributed by atoms with van der Waals surface area (Å²) in [7, 11) is -0.718. The molecule has 1 heterocycles. The van der Waals surface area contributed by atoms with E-state index in [1.54, 1.807) is 13.1 Å². The van der Waals surface area contributed by atoms with Crippen molar-refractivity contribution in [3.8, 4) is 0 Å². The van der Waals surface area contributed by atoms with Crippen LogP contribution in [0.15, 0.2) is 35.4 Å². The summed E-state index contributed by atoms with van der Waals surface area (Å²) in [6.45, 7) is -0.109. The van der Waals surface area contributed by atoms with Crippen LogP contribution in [0.4, 0.5) is 0 Å². The number of sulfonamides is 1. The van der Waals surface area contributed by atoms with E-state index >= 15 is 0 Å². The van der Waals surface area contributed by atoms with Crippen molar-refractivity contribution < 1.29 is 13.5 Å². The van der Waals surface area contributed by atoms with Gasteiger partial charge in [-0.25, -0.2) is 8.42 Å². The van der Waals surface area contributed by atoms with Gasteiger partial charge in [-0.05, 0) is 24.3 Å². The molecule has 0 aliphatic carbocycles. The Labute approximate surface area is 138 Å². The van der Waals surface area contributed by atoms with Gasteiger partial charge < -0.3 is 5.11 Å². The van der Waals surface area contributed by atoms with E-state index in [1.807, 2.05) is 0 Å². The van der Waals surface area contributed by atoms with Gasteiger partial charge in [0.1, 0.15) is 6.10 Å². The predicted octanol–water partition coefficient (Wildman–Crippen LogP) is 2.08. The first-order valence-electron chi connectivity index (χ1n) is 6.31. The van der Waals surface area contributed by atoms with Gasteiger partial charge in [-0.2, -0.15) is 9.40 Å². The number of likely N-dealkylation sites (N-methyl/N-ethyl adjacent to an activating group) is 1. The van der Waals surface area contributed by atoms with Crippen molar-refractivity contribution in [1.29, 1.82) is 0 Å². The number of aliphatic hydroxyl groups excluding tert-OH is 1. The fraction of sp³-hybridized carbons (Fsp3) is 0.308. The average Bonchev–Trinajstić information content (AvgIpc) is 2.87. The Morgan fingerprint density at radius 1 is 1.32 bits per heavy atom. The second-order valence-electron chi connectivity index (χ2n) is 4.76. The second kappa shape index (κ2) is 6.55. The lowest BCUT2D eigenvalue weighted by Crippen LogP contribution is -2.31. The lowest BCUT2D eigenvalue weighted by molar-refractivity contribution is 0.146. The lowest BCUT2D eigenvalue weighted by Gasteiger charge is -2.21. The SMILES string of the molecule is CN(CC(O)c1ccnn1C)S(=O)(=O)c1ccc(Cl)c(Cl)c1. The molecule has 0 bridgehead atoms. The molecule has 0 saturated heterocycles. The van der Waals surface area contributed by atoms with E-state index in [0.29, 0.717) is 5.69 Å². The van der Waals surface area contributed by atoms with Crippen molar-refractivity contribution in [3.05, 3.63) is 46.2 Å². The van der Waals surface area contributed by atoms with Crippen molar-refractivity contribution in [2.45, 2.75) is 11.0 Å². The summed E-state index contributed by atoms with van der Waals surface area (Å²) in [4.78, 5) is 0.0154. The van der Waals surface area contributed by atoms with Gasteiger partial charge in [0.2, 0.25) is 10.0 Å². The standard InChI is InChI=1S/C13H15Cl2N3O3S/c1-17(8-13(19)12-5-6-16-18(12)2)22(20,21)9-3-4-10(14)11(15)7-9/h3-7,13,19H,8H2,1-2H3. The first-order valence-corrected chi connectivity index (χ1v) is 8.50. The van der Waals surface area contributed by atoms with Crippen molar-refractivity contribution >= 4 is 33.2 Å². The number of hydrogen-bond acceptors (Lipinski definition) is 4. The molecule has 0 aliphatic heterocycles. The van der Waals surface area contributed by atoms with Crippen molar-refractivity contribution in [3.63, 3.8) is 0 Å². The highest BCUT2D eigenvalue weighted by molar-refractivity contribution is 7.89. The van der Waals surface area contributed by atoms with Gasteiger partial charge in [0.25, 0.3) is 0 Å². The van der Waals surface area contributed by atoms with E-state index < -0.39 is 16.1 Å². The Kier molecular flexibility index (Phi) is 5.14. The van der Waals surface area contributed by atoms with Crippen LogP contribution < -0.4 is 0 Å². The van der Waals surface area contributed by atoms with E-state index in [4.69, 9.17) is 23.2 Å². The van der Waals surface area contributed by atoms with Gasteiger partial charge in [-0.15, -0.1) is 0 Å². The van der Waals surface area contributed by atoms with Gasteiger partial charge in [-0.3, -0.25) is 4.68 Å². The van der Waals surface area contributed by atoms with Crippen LogP contribution in [0, 0.1) is 0 Å². The molecule has 0 spiro atoms. The van der Waals surface area contributed by atoms with Gasteiger partial charge in [0, 0.05) is 26.8 Å². The maximum absolute atomic E-state index is 12.5. The largest absolute Gasteiger partial charge is 0.385 e. The summed E-state index contributed by atoms with van der Waals surface area (Å²) in [5.41, 5.74) is 0.524. The molecule has 0 amide bonds. The first-order chi connectivity index (χ1) is 10.2. The molecule has 1 aromatic heterocycles. The van der Waals surface area contributed by atoms with Crippen LogP contribution in [0.2, 0.25) is 10.0 Å². The maximum Gasteiger partial charge on any atom is 0.242 e. The molecule has 1 aromatic carbocycles. The van der Waals surface area contributed by atoms with Crippen LogP contribution in [0.5, 0.6) is 0 Å². The maximum atomic E-state index is 12.5. The topological polar surface area (TPSA) is 75.4 Å². The smallest absolute Gasteiger partial charge is 0.242 e. The number of rotatable bonds is 5. The van der Waals surface area contributed by atoms with Crippen molar-refractivity contribution in [2.24, 2.45) is 7.05 Å². The van der Waals surface area contributed by atoms with E-state index in [-0.39, 0.29) is 21.5 Å². The number of aliphatic hydroxyl groups is 1. The number of aryl methyl sites for hydroxylation is 1. The second-order valence-corrected chi connectivity index (χ2v) is 7.62. The van der Waals surface area contributed by atoms with Crippen LogP contribution in [-0.2, 0) is 17.1 Å². The van der Waals surface area contributed by atoms with Crippen molar-refractivity contribution in [2.75, 3.05) is 13.6 Å². The Hall–Kier alpha value is -1.12. The zero-order chi connectivity index (χ0) is 16.5. The molecular weight excluding hydrogens is 349 g/mol. The van der Waals surface area contributed by atoms with Gasteiger partial charge in [-0.1, -0.05) is 23.2 Å². The third kappa shape index (κ3) is 3.44. The minimum atomic E-state index is -3.78. The molecule has 120 valence electrons. The number of benzene rings is 1. The molecule has 6 nitrogen and oxygen atoms in total. The Morgan fingerprint density at radius 3 is 2.55 bits per heavy atom. The van der Waals surface area contributed by atoms with E-state index in [9.17, 15) is 13.5 Å². The van der Waals surface area contributed by atoms with Crippen LogP contribution in [0.25, 0.3) is 0 Å². The van der Waals surface area contributed by atoms with Crippen LogP contribution in [-0.4, -0.2) is 41.2 Å². The van der Waals surface area contributed by atoms with Gasteiger partial charge in [0.15, 0.2) is 0 Å². The Morgan fingerprint density at radius 2 is 2.00 bits per heavy atom. The fourth-order valence-corrected chi connectivity index (χ4v) is 3.53. The number of aromatic nitrogens is 2. The number of halogens is 2. The summed E-state index contributed by atoms with van der Waals surface area (Å²) in [6, 6.07) is 5.70. The molecule has 9 heteroatoms. The summed E-state index contributed by atoms with van der Waals surface area (Å²) < 4.78 is 27.5. The van der Waals surface area contributed by atoms with E-state index in [1.165, 1.54) is 36.1 Å². The summed E-state index contributed by atoms with van der Waals surface area (Å²) in [6.07, 6.45) is 0.543. The monoisotopic (exact) mass is 363 g/mol.